The van der Waals surface area contributed by atoms with Crippen LogP contribution in [-0.2, 0) is 0 Å². The second-order valence-corrected chi connectivity index (χ2v) is 4.57. The summed E-state index contributed by atoms with van der Waals surface area (Å²) >= 11 is 0. The Morgan fingerprint density at radius 3 is 2.36 bits per heavy atom. The molecule has 0 spiro atoms. The van der Waals surface area contributed by atoms with E-state index in [4.69, 9.17) is 0 Å². The predicted molar refractivity (Wildman–Crippen MR) is 45.3 cm³/mol. The molecule has 62 valence electrons. The third kappa shape index (κ3) is 0.703. The molecule has 0 radical (unpaired) electrons. The molecule has 3 saturated carbocycles. The Balaban J connectivity index is 1.72. The van der Waals surface area contributed by atoms with Gasteiger partial charge in [-0.2, -0.15) is 0 Å². The van der Waals surface area contributed by atoms with E-state index >= 15 is 0 Å². The van der Waals surface area contributed by atoms with E-state index in [9.17, 15) is 0 Å². The van der Waals surface area contributed by atoms with Gasteiger partial charge in [0.25, 0.3) is 0 Å². The Labute approximate surface area is 68.6 Å². The van der Waals surface area contributed by atoms with Gasteiger partial charge in [0.2, 0.25) is 0 Å². The summed E-state index contributed by atoms with van der Waals surface area (Å²) in [5.41, 5.74) is 0. The highest BCUT2D eigenvalue weighted by Crippen LogP contribution is 2.65. The van der Waals surface area contributed by atoms with Gasteiger partial charge in [0, 0.05) is 6.04 Å². The van der Waals surface area contributed by atoms with E-state index in [-0.39, 0.29) is 0 Å². The number of hydrogen-bond donors (Lipinski definition) is 1. The van der Waals surface area contributed by atoms with E-state index in [0.717, 1.165) is 29.7 Å². The second-order valence-electron chi connectivity index (χ2n) is 4.57. The van der Waals surface area contributed by atoms with Crippen molar-refractivity contribution in [3.05, 3.63) is 0 Å². The maximum atomic E-state index is 3.62. The zero-order valence-electron chi connectivity index (χ0n) is 7.22. The molecule has 0 aromatic rings. The van der Waals surface area contributed by atoms with E-state index < -0.39 is 0 Å². The van der Waals surface area contributed by atoms with Gasteiger partial charge in [-0.3, -0.25) is 0 Å². The van der Waals surface area contributed by atoms with Gasteiger partial charge in [0.05, 0.1) is 0 Å². The van der Waals surface area contributed by atoms with Crippen LogP contribution in [0.1, 0.15) is 26.2 Å². The van der Waals surface area contributed by atoms with Crippen molar-refractivity contribution in [1.29, 1.82) is 0 Å². The first-order valence-corrected chi connectivity index (χ1v) is 5.15. The summed E-state index contributed by atoms with van der Waals surface area (Å²) < 4.78 is 0. The van der Waals surface area contributed by atoms with Crippen LogP contribution < -0.4 is 5.32 Å². The van der Waals surface area contributed by atoms with Crippen molar-refractivity contribution in [2.24, 2.45) is 23.7 Å². The van der Waals surface area contributed by atoms with E-state index in [1.54, 1.807) is 19.3 Å². The third-order valence-corrected chi connectivity index (χ3v) is 4.18. The fourth-order valence-corrected chi connectivity index (χ4v) is 3.83. The van der Waals surface area contributed by atoms with Crippen LogP contribution in [0.3, 0.4) is 0 Å². The molecule has 0 aromatic heterocycles. The molecular formula is C10H17N. The van der Waals surface area contributed by atoms with Gasteiger partial charge < -0.3 is 5.32 Å². The Hall–Kier alpha value is -0.0400. The zero-order chi connectivity index (χ0) is 7.42. The van der Waals surface area contributed by atoms with Gasteiger partial charge in [0.1, 0.15) is 0 Å². The van der Waals surface area contributed by atoms with Crippen molar-refractivity contribution in [2.45, 2.75) is 32.2 Å². The Kier molecular flexibility index (Phi) is 1.18. The number of nitrogens with one attached hydrogen (secondary N) is 1. The van der Waals surface area contributed by atoms with E-state index in [1.807, 2.05) is 0 Å². The SMILES string of the molecule is CCNC1C2C3CCC(C3)C12. The van der Waals surface area contributed by atoms with Crippen LogP contribution in [0, 0.1) is 23.7 Å². The largest absolute Gasteiger partial charge is 0.314 e. The third-order valence-electron chi connectivity index (χ3n) is 4.18. The lowest BCUT2D eigenvalue weighted by atomic mass is 10.0. The van der Waals surface area contributed by atoms with Gasteiger partial charge in [-0.25, -0.2) is 0 Å². The first kappa shape index (κ1) is 6.47. The molecule has 0 saturated heterocycles. The standard InChI is InChI=1S/C10H17N/c1-2-11-10-8-6-3-4-7(5-6)9(8)10/h6-11H,2-5H2,1H3. The first-order valence-electron chi connectivity index (χ1n) is 5.15. The molecule has 1 N–H and O–H groups in total. The van der Waals surface area contributed by atoms with Crippen LogP contribution in [0.15, 0.2) is 0 Å². The monoisotopic (exact) mass is 151 g/mol. The minimum Gasteiger partial charge on any atom is -0.314 e. The molecular weight excluding hydrogens is 134 g/mol. The summed E-state index contributed by atoms with van der Waals surface area (Å²) in [5.74, 6) is 4.51. The summed E-state index contributed by atoms with van der Waals surface area (Å²) in [6, 6.07) is 0.950. The van der Waals surface area contributed by atoms with E-state index in [2.05, 4.69) is 12.2 Å². The van der Waals surface area contributed by atoms with Gasteiger partial charge in [-0.05, 0) is 49.5 Å². The topological polar surface area (TPSA) is 12.0 Å². The number of hydrogen-bond acceptors (Lipinski definition) is 1. The lowest BCUT2D eigenvalue weighted by Gasteiger charge is -2.07. The van der Waals surface area contributed by atoms with Crippen LogP contribution in [0.5, 0.6) is 0 Å². The maximum absolute atomic E-state index is 3.62. The summed E-state index contributed by atoms with van der Waals surface area (Å²) in [7, 11) is 0. The molecule has 0 aromatic carbocycles. The minimum atomic E-state index is 0.950. The zero-order valence-corrected chi connectivity index (χ0v) is 7.22. The van der Waals surface area contributed by atoms with Gasteiger partial charge >= 0.3 is 0 Å². The van der Waals surface area contributed by atoms with Crippen LogP contribution in [-0.4, -0.2) is 12.6 Å². The first-order chi connectivity index (χ1) is 5.42. The predicted octanol–water partition coefficient (Wildman–Crippen LogP) is 1.64. The molecule has 3 fully saturated rings. The molecule has 0 aliphatic heterocycles. The lowest BCUT2D eigenvalue weighted by molar-refractivity contribution is 0.456. The highest BCUT2D eigenvalue weighted by atomic mass is 15.0. The van der Waals surface area contributed by atoms with Crippen molar-refractivity contribution >= 4 is 0 Å². The van der Waals surface area contributed by atoms with Gasteiger partial charge in [0.15, 0.2) is 0 Å². The van der Waals surface area contributed by atoms with Crippen molar-refractivity contribution in [3.63, 3.8) is 0 Å². The minimum absolute atomic E-state index is 0.950. The van der Waals surface area contributed by atoms with E-state index in [0.29, 0.717) is 0 Å². The molecule has 3 aliphatic rings. The smallest absolute Gasteiger partial charge is 0.0135 e. The second kappa shape index (κ2) is 2.01. The molecule has 0 heterocycles. The number of rotatable bonds is 2. The highest BCUT2D eigenvalue weighted by molar-refractivity contribution is 5.16. The Morgan fingerprint density at radius 2 is 1.82 bits per heavy atom. The quantitative estimate of drug-likeness (QED) is 0.632. The molecule has 4 atom stereocenters. The van der Waals surface area contributed by atoms with E-state index in [1.165, 1.54) is 6.54 Å². The van der Waals surface area contributed by atoms with Crippen LogP contribution >= 0.6 is 0 Å². The van der Waals surface area contributed by atoms with Gasteiger partial charge in [-0.1, -0.05) is 6.92 Å². The summed E-state index contributed by atoms with van der Waals surface area (Å²) in [5, 5.41) is 3.62. The highest BCUT2D eigenvalue weighted by Gasteiger charge is 2.64. The molecule has 1 nitrogen and oxygen atoms in total. The lowest BCUT2D eigenvalue weighted by Crippen LogP contribution is -2.22. The van der Waals surface area contributed by atoms with Crippen molar-refractivity contribution < 1.29 is 0 Å². The molecule has 3 aliphatic carbocycles. The maximum Gasteiger partial charge on any atom is 0.0135 e. The summed E-state index contributed by atoms with van der Waals surface area (Å²) in [6.07, 6.45) is 4.68. The fourth-order valence-electron chi connectivity index (χ4n) is 3.83. The van der Waals surface area contributed by atoms with Crippen molar-refractivity contribution in [3.8, 4) is 0 Å². The molecule has 2 bridgehead atoms. The molecule has 4 unspecified atom stereocenters. The van der Waals surface area contributed by atoms with Gasteiger partial charge in [-0.15, -0.1) is 0 Å². The normalized spacial score (nSPS) is 58.1. The molecule has 3 rings (SSSR count). The van der Waals surface area contributed by atoms with Crippen LogP contribution in [0.4, 0.5) is 0 Å². The Bertz CT molecular complexity index is 162. The molecule has 11 heavy (non-hydrogen) atoms. The summed E-state index contributed by atoms with van der Waals surface area (Å²) in [4.78, 5) is 0. The average molecular weight is 151 g/mol. The van der Waals surface area contributed by atoms with Crippen molar-refractivity contribution in [2.75, 3.05) is 6.54 Å². The molecule has 1 heteroatoms. The Morgan fingerprint density at radius 1 is 1.18 bits per heavy atom. The number of fused-ring (bicyclic) bond motifs is 5. The summed E-state index contributed by atoms with van der Waals surface area (Å²) in [6.45, 7) is 3.41. The molecule has 0 amide bonds. The average Bonchev–Trinajstić information content (AvgIpc) is 2.43. The van der Waals surface area contributed by atoms with Crippen LogP contribution in [0.2, 0.25) is 0 Å². The van der Waals surface area contributed by atoms with Crippen LogP contribution in [0.25, 0.3) is 0 Å². The van der Waals surface area contributed by atoms with Crippen molar-refractivity contribution in [1.82, 2.24) is 5.32 Å². The fraction of sp³-hybridized carbons (Fsp3) is 1.00.